The fraction of sp³-hybridized carbons (Fsp3) is 0.267. The van der Waals surface area contributed by atoms with Crippen molar-refractivity contribution in [3.05, 3.63) is 40.5 Å². The van der Waals surface area contributed by atoms with Crippen LogP contribution in [-0.2, 0) is 4.79 Å². The van der Waals surface area contributed by atoms with Gasteiger partial charge in [-0.1, -0.05) is 29.8 Å². The van der Waals surface area contributed by atoms with E-state index >= 15 is 0 Å². The molecule has 0 radical (unpaired) electrons. The summed E-state index contributed by atoms with van der Waals surface area (Å²) in [5.41, 5.74) is 2.14. The molecule has 0 amide bonds. The Labute approximate surface area is 126 Å². The van der Waals surface area contributed by atoms with E-state index in [0.29, 0.717) is 12.4 Å². The van der Waals surface area contributed by atoms with Gasteiger partial charge in [0.25, 0.3) is 12.4 Å². The molecule has 0 N–H and O–H groups in total. The van der Waals surface area contributed by atoms with Gasteiger partial charge in [0.1, 0.15) is 5.75 Å². The third-order valence-electron chi connectivity index (χ3n) is 3.33. The van der Waals surface area contributed by atoms with Crippen molar-refractivity contribution in [3.63, 3.8) is 0 Å². The summed E-state index contributed by atoms with van der Waals surface area (Å²) in [6.45, 7) is 2.27. The van der Waals surface area contributed by atoms with Crippen molar-refractivity contribution in [1.29, 1.82) is 0 Å². The lowest BCUT2D eigenvalue weighted by Gasteiger charge is -2.13. The van der Waals surface area contributed by atoms with E-state index in [0.717, 1.165) is 29.7 Å². The lowest BCUT2D eigenvalue weighted by molar-refractivity contribution is -0.120. The van der Waals surface area contributed by atoms with Gasteiger partial charge in [-0.05, 0) is 36.8 Å². The van der Waals surface area contributed by atoms with Crippen LogP contribution < -0.4 is 9.47 Å². The summed E-state index contributed by atoms with van der Waals surface area (Å²) in [4.78, 5) is 10.6. The average Bonchev–Trinajstić information content (AvgIpc) is 3.28. The van der Waals surface area contributed by atoms with Gasteiger partial charge in [0.05, 0.1) is 0 Å². The minimum atomic E-state index is 0.128. The highest BCUT2D eigenvalue weighted by atomic mass is 35.5. The molecule has 1 aromatic carbocycles. The van der Waals surface area contributed by atoms with Gasteiger partial charge in [-0.25, -0.2) is 0 Å². The number of ether oxygens (including phenoxy) is 2. The number of aryl methyl sites for hydroxylation is 1. The molecule has 1 saturated carbocycles. The molecule has 0 bridgehead atoms. The summed E-state index contributed by atoms with van der Waals surface area (Å²) in [6.07, 6.45) is 2.31. The number of para-hydroxylation sites is 1. The molecule has 108 valence electrons. The van der Waals surface area contributed by atoms with E-state index in [2.05, 4.69) is 10.2 Å². The van der Waals surface area contributed by atoms with Crippen molar-refractivity contribution in [2.45, 2.75) is 25.7 Å². The molecule has 1 fully saturated rings. The monoisotopic (exact) mass is 304 g/mol. The van der Waals surface area contributed by atoms with E-state index in [1.54, 1.807) is 0 Å². The summed E-state index contributed by atoms with van der Waals surface area (Å²) in [7, 11) is 0. The highest BCUT2D eigenvalue weighted by Gasteiger charge is 2.28. The zero-order valence-electron chi connectivity index (χ0n) is 11.4. The smallest absolute Gasteiger partial charge is 0.298 e. The van der Waals surface area contributed by atoms with Crippen molar-refractivity contribution in [2.75, 3.05) is 0 Å². The minimum absolute atomic E-state index is 0.128. The van der Waals surface area contributed by atoms with E-state index in [1.807, 2.05) is 25.1 Å². The van der Waals surface area contributed by atoms with Crippen molar-refractivity contribution < 1.29 is 14.3 Å². The Hall–Kier alpha value is -2.14. The topological polar surface area (TPSA) is 61.3 Å². The second-order valence-electron chi connectivity index (χ2n) is 4.92. The largest absolute Gasteiger partial charge is 0.434 e. The maximum Gasteiger partial charge on any atom is 0.298 e. The molecule has 21 heavy (non-hydrogen) atoms. The van der Waals surface area contributed by atoms with Crippen molar-refractivity contribution in [2.24, 2.45) is 0 Å². The molecule has 5 nitrogen and oxygen atoms in total. The summed E-state index contributed by atoms with van der Waals surface area (Å²) in [5.74, 6) is 1.54. The van der Waals surface area contributed by atoms with Gasteiger partial charge in [-0.3, -0.25) is 4.79 Å². The van der Waals surface area contributed by atoms with Gasteiger partial charge in [0, 0.05) is 6.07 Å². The van der Waals surface area contributed by atoms with Crippen molar-refractivity contribution in [1.82, 2.24) is 10.2 Å². The van der Waals surface area contributed by atoms with Gasteiger partial charge in [-0.15, -0.1) is 10.2 Å². The van der Waals surface area contributed by atoms with Crippen LogP contribution in [0.15, 0.2) is 24.3 Å². The number of carbonyl (C=O) groups is 1. The first kappa shape index (κ1) is 13.8. The maximum atomic E-state index is 10.6. The van der Waals surface area contributed by atoms with Crippen LogP contribution >= 0.6 is 11.6 Å². The second-order valence-corrected chi connectivity index (χ2v) is 5.31. The van der Waals surface area contributed by atoms with Gasteiger partial charge in [-0.2, -0.15) is 0 Å². The average molecular weight is 305 g/mol. The number of rotatable bonds is 5. The number of halogens is 1. The lowest BCUT2D eigenvalue weighted by atomic mass is 10.1. The first-order valence-electron chi connectivity index (χ1n) is 6.60. The van der Waals surface area contributed by atoms with Crippen LogP contribution in [0.3, 0.4) is 0 Å². The number of benzene rings is 1. The Kier molecular flexibility index (Phi) is 3.75. The Balaban J connectivity index is 1.99. The van der Waals surface area contributed by atoms with E-state index in [-0.39, 0.29) is 16.8 Å². The third kappa shape index (κ3) is 2.97. The Morgan fingerprint density at radius 2 is 2.14 bits per heavy atom. The van der Waals surface area contributed by atoms with Crippen LogP contribution in [0.2, 0.25) is 5.15 Å². The SMILES string of the molecule is Cc1cccc(C2CC2)c1Oc1nnc(Cl)cc1OC=O. The van der Waals surface area contributed by atoms with E-state index in [1.165, 1.54) is 6.07 Å². The zero-order chi connectivity index (χ0) is 14.8. The summed E-state index contributed by atoms with van der Waals surface area (Å²) >= 11 is 5.75. The molecule has 1 heterocycles. The molecule has 1 aliphatic carbocycles. The molecule has 0 atom stereocenters. The van der Waals surface area contributed by atoms with Crippen LogP contribution in [0.5, 0.6) is 17.4 Å². The zero-order valence-corrected chi connectivity index (χ0v) is 12.1. The third-order valence-corrected chi connectivity index (χ3v) is 3.52. The van der Waals surface area contributed by atoms with E-state index < -0.39 is 0 Å². The minimum Gasteiger partial charge on any atom is -0.434 e. The summed E-state index contributed by atoms with van der Waals surface area (Å²) < 4.78 is 10.7. The Bertz CT molecular complexity index is 687. The Morgan fingerprint density at radius 3 is 2.86 bits per heavy atom. The molecule has 2 aromatic rings. The predicted molar refractivity (Wildman–Crippen MR) is 77.0 cm³/mol. The maximum absolute atomic E-state index is 10.6. The van der Waals surface area contributed by atoms with Crippen molar-refractivity contribution in [3.8, 4) is 17.4 Å². The van der Waals surface area contributed by atoms with Crippen LogP contribution in [0.4, 0.5) is 0 Å². The van der Waals surface area contributed by atoms with Crippen LogP contribution in [0, 0.1) is 6.92 Å². The number of aromatic nitrogens is 2. The molecule has 6 heteroatoms. The number of hydrogen-bond acceptors (Lipinski definition) is 5. The van der Waals surface area contributed by atoms with E-state index in [4.69, 9.17) is 21.1 Å². The van der Waals surface area contributed by atoms with Gasteiger partial charge in [0.15, 0.2) is 10.9 Å². The highest BCUT2D eigenvalue weighted by Crippen LogP contribution is 2.46. The number of hydrogen-bond donors (Lipinski definition) is 0. The van der Waals surface area contributed by atoms with Gasteiger partial charge in [0.2, 0.25) is 0 Å². The molecule has 0 unspecified atom stereocenters. The number of carbonyl (C=O) groups excluding carboxylic acids is 1. The van der Waals surface area contributed by atoms with Crippen LogP contribution in [0.25, 0.3) is 0 Å². The lowest BCUT2D eigenvalue weighted by Crippen LogP contribution is -2.00. The normalized spacial score (nSPS) is 13.8. The highest BCUT2D eigenvalue weighted by molar-refractivity contribution is 6.29. The quantitative estimate of drug-likeness (QED) is 0.789. The fourth-order valence-corrected chi connectivity index (χ4v) is 2.31. The standard InChI is InChI=1S/C15H13ClN2O3/c1-9-3-2-4-11(10-5-6-10)14(9)21-15-12(20-8-19)7-13(16)17-18-15/h2-4,7-8,10H,5-6H2,1H3. The molecular weight excluding hydrogens is 292 g/mol. The van der Waals surface area contributed by atoms with Crippen molar-refractivity contribution >= 4 is 18.1 Å². The molecule has 1 aliphatic rings. The molecule has 1 aromatic heterocycles. The van der Waals surface area contributed by atoms with Crippen LogP contribution in [-0.4, -0.2) is 16.7 Å². The summed E-state index contributed by atoms with van der Waals surface area (Å²) in [5, 5.41) is 7.73. The first-order valence-corrected chi connectivity index (χ1v) is 6.97. The molecule has 0 aliphatic heterocycles. The Morgan fingerprint density at radius 1 is 1.33 bits per heavy atom. The van der Waals surface area contributed by atoms with Gasteiger partial charge >= 0.3 is 0 Å². The molecular formula is C15H13ClN2O3. The van der Waals surface area contributed by atoms with E-state index in [9.17, 15) is 4.79 Å². The second kappa shape index (κ2) is 5.69. The predicted octanol–water partition coefficient (Wildman–Crippen LogP) is 3.64. The van der Waals surface area contributed by atoms with Gasteiger partial charge < -0.3 is 9.47 Å². The molecule has 0 saturated heterocycles. The fourth-order valence-electron chi connectivity index (χ4n) is 2.18. The first-order chi connectivity index (χ1) is 10.2. The number of nitrogens with zero attached hydrogens (tertiary/aromatic N) is 2. The summed E-state index contributed by atoms with van der Waals surface area (Å²) in [6, 6.07) is 7.41. The molecule has 3 rings (SSSR count). The van der Waals surface area contributed by atoms with Crippen LogP contribution in [0.1, 0.15) is 29.9 Å². The molecule has 0 spiro atoms.